The normalized spacial score (nSPS) is 10.1. The fourth-order valence-corrected chi connectivity index (χ4v) is 1.46. The molecule has 0 saturated carbocycles. The number of nitrogens with one attached hydrogen (secondary N) is 1. The second kappa shape index (κ2) is 5.22. The number of nitrogens with zero attached hydrogens (tertiary/aromatic N) is 2. The Labute approximate surface area is 102 Å². The van der Waals surface area contributed by atoms with E-state index in [0.717, 1.165) is 17.8 Å². The Morgan fingerprint density at radius 3 is 2.83 bits per heavy atom. The van der Waals surface area contributed by atoms with Crippen molar-refractivity contribution in [1.82, 2.24) is 4.98 Å². The molecule has 1 heterocycles. The van der Waals surface area contributed by atoms with E-state index < -0.39 is 16.4 Å². The SMILES string of the molecule is O=[N+]([O-])c1cc(NCc2ccccn2)ccc1F. The first-order valence-corrected chi connectivity index (χ1v) is 5.24. The zero-order chi connectivity index (χ0) is 13.0. The Kier molecular flexibility index (Phi) is 3.47. The van der Waals surface area contributed by atoms with E-state index in [2.05, 4.69) is 10.3 Å². The molecular formula is C12H10FN3O2. The molecule has 0 bridgehead atoms. The third kappa shape index (κ3) is 2.79. The van der Waals surface area contributed by atoms with Crippen LogP contribution in [-0.4, -0.2) is 9.91 Å². The largest absolute Gasteiger partial charge is 0.379 e. The molecular weight excluding hydrogens is 237 g/mol. The van der Waals surface area contributed by atoms with Gasteiger partial charge in [0, 0.05) is 18.0 Å². The van der Waals surface area contributed by atoms with Crippen LogP contribution in [0.2, 0.25) is 0 Å². The minimum Gasteiger partial charge on any atom is -0.379 e. The van der Waals surface area contributed by atoms with E-state index in [1.54, 1.807) is 12.3 Å². The molecule has 1 aromatic carbocycles. The van der Waals surface area contributed by atoms with E-state index >= 15 is 0 Å². The van der Waals surface area contributed by atoms with Crippen LogP contribution in [0.1, 0.15) is 5.69 Å². The second-order valence-electron chi connectivity index (χ2n) is 3.60. The molecule has 0 aliphatic carbocycles. The highest BCUT2D eigenvalue weighted by Crippen LogP contribution is 2.21. The summed E-state index contributed by atoms with van der Waals surface area (Å²) in [5.74, 6) is -0.844. The summed E-state index contributed by atoms with van der Waals surface area (Å²) in [6, 6.07) is 9.15. The minimum atomic E-state index is -0.844. The molecule has 0 radical (unpaired) electrons. The van der Waals surface area contributed by atoms with Crippen molar-refractivity contribution < 1.29 is 9.31 Å². The van der Waals surface area contributed by atoms with Crippen LogP contribution < -0.4 is 5.32 Å². The highest BCUT2D eigenvalue weighted by Gasteiger charge is 2.13. The van der Waals surface area contributed by atoms with Gasteiger partial charge in [0.25, 0.3) is 0 Å². The highest BCUT2D eigenvalue weighted by molar-refractivity contribution is 5.51. The van der Waals surface area contributed by atoms with E-state index in [1.807, 2.05) is 12.1 Å². The van der Waals surface area contributed by atoms with Crippen molar-refractivity contribution in [3.63, 3.8) is 0 Å². The van der Waals surface area contributed by atoms with Crippen molar-refractivity contribution in [3.05, 3.63) is 64.2 Å². The van der Waals surface area contributed by atoms with Gasteiger partial charge in [-0.05, 0) is 24.3 Å². The maximum absolute atomic E-state index is 13.1. The van der Waals surface area contributed by atoms with Gasteiger partial charge in [0.05, 0.1) is 17.2 Å². The Morgan fingerprint density at radius 2 is 2.17 bits per heavy atom. The Balaban J connectivity index is 2.11. The lowest BCUT2D eigenvalue weighted by Crippen LogP contribution is -2.02. The summed E-state index contributed by atoms with van der Waals surface area (Å²) in [6.07, 6.45) is 1.66. The molecule has 0 fully saturated rings. The van der Waals surface area contributed by atoms with E-state index in [-0.39, 0.29) is 0 Å². The number of pyridine rings is 1. The summed E-state index contributed by atoms with van der Waals surface area (Å²) in [5.41, 5.74) is 0.735. The molecule has 6 heteroatoms. The third-order valence-corrected chi connectivity index (χ3v) is 2.34. The lowest BCUT2D eigenvalue weighted by molar-refractivity contribution is -0.387. The van der Waals surface area contributed by atoms with Crippen molar-refractivity contribution in [1.29, 1.82) is 0 Å². The molecule has 92 valence electrons. The van der Waals surface area contributed by atoms with Crippen LogP contribution in [0.25, 0.3) is 0 Å². The number of hydrogen-bond acceptors (Lipinski definition) is 4. The van der Waals surface area contributed by atoms with Crippen LogP contribution in [0.3, 0.4) is 0 Å². The lowest BCUT2D eigenvalue weighted by Gasteiger charge is -2.05. The van der Waals surface area contributed by atoms with Gasteiger partial charge < -0.3 is 5.32 Å². The third-order valence-electron chi connectivity index (χ3n) is 2.34. The van der Waals surface area contributed by atoms with Crippen molar-refractivity contribution >= 4 is 11.4 Å². The number of rotatable bonds is 4. The van der Waals surface area contributed by atoms with Crippen LogP contribution in [0.15, 0.2) is 42.6 Å². The summed E-state index contributed by atoms with van der Waals surface area (Å²) in [4.78, 5) is 13.9. The quantitative estimate of drug-likeness (QED) is 0.666. The van der Waals surface area contributed by atoms with Crippen molar-refractivity contribution in [2.75, 3.05) is 5.32 Å². The second-order valence-corrected chi connectivity index (χ2v) is 3.60. The van der Waals surface area contributed by atoms with Crippen molar-refractivity contribution in [2.24, 2.45) is 0 Å². The summed E-state index contributed by atoms with van der Waals surface area (Å²) >= 11 is 0. The number of aromatic nitrogens is 1. The first-order valence-electron chi connectivity index (χ1n) is 5.24. The molecule has 0 aliphatic heterocycles. The molecule has 2 aromatic rings. The average Bonchev–Trinajstić information content (AvgIpc) is 2.38. The summed E-state index contributed by atoms with van der Waals surface area (Å²) in [5, 5.41) is 13.5. The van der Waals surface area contributed by atoms with Gasteiger partial charge in [0.1, 0.15) is 0 Å². The molecule has 18 heavy (non-hydrogen) atoms. The molecule has 2 rings (SSSR count). The Hall–Kier alpha value is -2.50. The fraction of sp³-hybridized carbons (Fsp3) is 0.0833. The van der Waals surface area contributed by atoms with Gasteiger partial charge in [0.2, 0.25) is 5.82 Å². The standard InChI is InChI=1S/C12H10FN3O2/c13-11-5-4-9(7-12(11)16(17)18)15-8-10-3-1-2-6-14-10/h1-7,15H,8H2. The smallest absolute Gasteiger partial charge is 0.306 e. The maximum Gasteiger partial charge on any atom is 0.306 e. The predicted octanol–water partition coefficient (Wildman–Crippen LogP) is 2.74. The van der Waals surface area contributed by atoms with E-state index in [1.165, 1.54) is 6.07 Å². The van der Waals surface area contributed by atoms with Crippen LogP contribution in [-0.2, 0) is 6.54 Å². The number of halogens is 1. The van der Waals surface area contributed by atoms with Gasteiger partial charge in [0.15, 0.2) is 0 Å². The first-order chi connectivity index (χ1) is 8.66. The summed E-state index contributed by atoms with van der Waals surface area (Å²) < 4.78 is 13.1. The summed E-state index contributed by atoms with van der Waals surface area (Å²) in [7, 11) is 0. The van der Waals surface area contributed by atoms with Crippen LogP contribution >= 0.6 is 0 Å². The molecule has 5 nitrogen and oxygen atoms in total. The number of nitro groups is 1. The molecule has 0 amide bonds. The van der Waals surface area contributed by atoms with Crippen molar-refractivity contribution in [2.45, 2.75) is 6.54 Å². The molecule has 0 unspecified atom stereocenters. The number of nitro benzene ring substituents is 1. The van der Waals surface area contributed by atoms with E-state index in [0.29, 0.717) is 12.2 Å². The Bertz CT molecular complexity index is 561. The first kappa shape index (κ1) is 12.0. The molecule has 1 N–H and O–H groups in total. The van der Waals surface area contributed by atoms with Gasteiger partial charge >= 0.3 is 5.69 Å². The topological polar surface area (TPSA) is 68.1 Å². The van der Waals surface area contributed by atoms with Gasteiger partial charge in [-0.15, -0.1) is 0 Å². The monoisotopic (exact) mass is 247 g/mol. The minimum absolute atomic E-state index is 0.420. The number of hydrogen-bond donors (Lipinski definition) is 1. The zero-order valence-corrected chi connectivity index (χ0v) is 9.34. The molecule has 0 saturated heterocycles. The predicted molar refractivity (Wildman–Crippen MR) is 64.6 cm³/mol. The summed E-state index contributed by atoms with van der Waals surface area (Å²) in [6.45, 7) is 0.420. The van der Waals surface area contributed by atoms with Crippen LogP contribution in [0.5, 0.6) is 0 Å². The van der Waals surface area contributed by atoms with Gasteiger partial charge in [-0.2, -0.15) is 4.39 Å². The molecule has 0 aliphatic rings. The Morgan fingerprint density at radius 1 is 1.33 bits per heavy atom. The highest BCUT2D eigenvalue weighted by atomic mass is 19.1. The van der Waals surface area contributed by atoms with Gasteiger partial charge in [-0.3, -0.25) is 15.1 Å². The van der Waals surface area contributed by atoms with Gasteiger partial charge in [-0.1, -0.05) is 6.07 Å². The number of benzene rings is 1. The van der Waals surface area contributed by atoms with Gasteiger partial charge in [-0.25, -0.2) is 0 Å². The van der Waals surface area contributed by atoms with Crippen LogP contribution in [0, 0.1) is 15.9 Å². The number of anilines is 1. The van der Waals surface area contributed by atoms with E-state index in [4.69, 9.17) is 0 Å². The molecule has 0 spiro atoms. The fourth-order valence-electron chi connectivity index (χ4n) is 1.46. The lowest BCUT2D eigenvalue weighted by atomic mass is 10.2. The van der Waals surface area contributed by atoms with Crippen molar-refractivity contribution in [3.8, 4) is 0 Å². The van der Waals surface area contributed by atoms with E-state index in [9.17, 15) is 14.5 Å². The molecule has 0 atom stereocenters. The molecule has 1 aromatic heterocycles. The zero-order valence-electron chi connectivity index (χ0n) is 9.34. The average molecular weight is 247 g/mol. The maximum atomic E-state index is 13.1. The van der Waals surface area contributed by atoms with Crippen LogP contribution in [0.4, 0.5) is 15.8 Å².